The molecule has 33 heavy (non-hydrogen) atoms. The van der Waals surface area contributed by atoms with E-state index in [1.807, 2.05) is 36.4 Å². The summed E-state index contributed by atoms with van der Waals surface area (Å²) in [5.74, 6) is -0.760. The molecule has 0 saturated heterocycles. The van der Waals surface area contributed by atoms with Crippen molar-refractivity contribution < 1.29 is 18.0 Å². The predicted octanol–water partition coefficient (Wildman–Crippen LogP) is 3.87. The minimum Gasteiger partial charge on any atom is -0.344 e. The van der Waals surface area contributed by atoms with Crippen LogP contribution < -0.4 is 15.4 Å². The Bertz CT molecular complexity index is 1230. The molecule has 0 fully saturated rings. The molecule has 0 heterocycles. The first kappa shape index (κ1) is 24.4. The van der Waals surface area contributed by atoms with Crippen molar-refractivity contribution in [3.63, 3.8) is 0 Å². The third kappa shape index (κ3) is 6.64. The molecule has 3 N–H and O–H groups in total. The monoisotopic (exact) mass is 485 g/mol. The molecule has 0 aliphatic rings. The molecule has 172 valence electrons. The summed E-state index contributed by atoms with van der Waals surface area (Å²) in [7, 11) is -3.97. The van der Waals surface area contributed by atoms with E-state index in [2.05, 4.69) is 15.4 Å². The van der Waals surface area contributed by atoms with Gasteiger partial charge >= 0.3 is 0 Å². The van der Waals surface area contributed by atoms with Crippen molar-refractivity contribution >= 4 is 39.1 Å². The third-order valence-electron chi connectivity index (χ3n) is 4.81. The Hall–Kier alpha value is -3.20. The normalized spacial score (nSPS) is 13.1. The maximum absolute atomic E-state index is 13.0. The average molecular weight is 486 g/mol. The van der Waals surface area contributed by atoms with Crippen LogP contribution in [-0.4, -0.2) is 26.3 Å². The lowest BCUT2D eigenvalue weighted by Crippen LogP contribution is -2.46. The molecule has 3 aromatic rings. The van der Waals surface area contributed by atoms with Crippen LogP contribution in [0, 0.1) is 0 Å². The quantitative estimate of drug-likeness (QED) is 0.450. The fraction of sp³-hybridized carbons (Fsp3) is 0.167. The van der Waals surface area contributed by atoms with Gasteiger partial charge in [-0.05, 0) is 54.4 Å². The summed E-state index contributed by atoms with van der Waals surface area (Å²) in [5.41, 5.74) is 2.07. The highest BCUT2D eigenvalue weighted by Crippen LogP contribution is 2.24. The van der Waals surface area contributed by atoms with Gasteiger partial charge in [-0.25, -0.2) is 8.42 Å². The highest BCUT2D eigenvalue weighted by molar-refractivity contribution is 7.89. The number of halogens is 1. The molecule has 0 aliphatic carbocycles. The number of carbonyl (C=O) groups excluding carboxylic acids is 2. The van der Waals surface area contributed by atoms with Gasteiger partial charge in [-0.3, -0.25) is 9.59 Å². The molecule has 3 aromatic carbocycles. The number of nitrogens with one attached hydrogen (secondary N) is 3. The summed E-state index contributed by atoms with van der Waals surface area (Å²) in [6, 6.07) is 20.6. The first-order chi connectivity index (χ1) is 15.7. The zero-order valence-electron chi connectivity index (χ0n) is 18.1. The second kappa shape index (κ2) is 10.6. The largest absolute Gasteiger partial charge is 0.344 e. The minimum absolute atomic E-state index is 0.0225. The van der Waals surface area contributed by atoms with Crippen molar-refractivity contribution in [3.8, 4) is 0 Å². The van der Waals surface area contributed by atoms with Crippen LogP contribution >= 0.6 is 11.6 Å². The van der Waals surface area contributed by atoms with E-state index in [4.69, 9.17) is 11.6 Å². The Morgan fingerprint density at radius 1 is 0.879 bits per heavy atom. The van der Waals surface area contributed by atoms with E-state index in [1.54, 1.807) is 18.2 Å². The number of anilines is 1. The number of amides is 2. The topological polar surface area (TPSA) is 104 Å². The lowest BCUT2D eigenvalue weighted by Gasteiger charge is -2.23. The Labute approximate surface area is 198 Å². The van der Waals surface area contributed by atoms with Crippen LogP contribution in [0.25, 0.3) is 0 Å². The van der Waals surface area contributed by atoms with E-state index in [9.17, 15) is 18.0 Å². The number of rotatable bonds is 8. The minimum atomic E-state index is -3.97. The fourth-order valence-electron chi connectivity index (χ4n) is 3.23. The van der Waals surface area contributed by atoms with Gasteiger partial charge in [-0.15, -0.1) is 0 Å². The summed E-state index contributed by atoms with van der Waals surface area (Å²) in [6.07, 6.45) is 0. The van der Waals surface area contributed by atoms with Gasteiger partial charge in [0.2, 0.25) is 21.8 Å². The summed E-state index contributed by atoms with van der Waals surface area (Å²) < 4.78 is 27.9. The Morgan fingerprint density at radius 2 is 1.52 bits per heavy atom. The van der Waals surface area contributed by atoms with Crippen LogP contribution in [-0.2, 0) is 19.6 Å². The van der Waals surface area contributed by atoms with Gasteiger partial charge in [0.1, 0.15) is 0 Å². The van der Waals surface area contributed by atoms with Crippen molar-refractivity contribution in [1.82, 2.24) is 10.0 Å². The van der Waals surface area contributed by atoms with Gasteiger partial charge in [0, 0.05) is 17.6 Å². The van der Waals surface area contributed by atoms with Crippen LogP contribution in [0.4, 0.5) is 5.69 Å². The molecule has 7 nitrogen and oxygen atoms in total. The molecular formula is C24H24ClN3O4S. The zero-order valence-corrected chi connectivity index (χ0v) is 19.7. The first-order valence-corrected chi connectivity index (χ1v) is 12.0. The Balaban J connectivity index is 1.76. The summed E-state index contributed by atoms with van der Waals surface area (Å²) in [4.78, 5) is 24.1. The van der Waals surface area contributed by atoms with Crippen molar-refractivity contribution in [2.45, 2.75) is 30.8 Å². The van der Waals surface area contributed by atoms with E-state index >= 15 is 0 Å². The third-order valence-corrected chi connectivity index (χ3v) is 6.60. The van der Waals surface area contributed by atoms with E-state index in [-0.39, 0.29) is 10.8 Å². The van der Waals surface area contributed by atoms with Crippen LogP contribution in [0.15, 0.2) is 83.8 Å². The van der Waals surface area contributed by atoms with Gasteiger partial charge in [0.15, 0.2) is 0 Å². The van der Waals surface area contributed by atoms with Crippen molar-refractivity contribution in [2.24, 2.45) is 0 Å². The number of hydrogen-bond acceptors (Lipinski definition) is 4. The second-order valence-electron chi connectivity index (χ2n) is 7.46. The molecule has 0 aromatic heterocycles. The lowest BCUT2D eigenvalue weighted by atomic mass is 9.98. The van der Waals surface area contributed by atoms with Gasteiger partial charge in [-0.2, -0.15) is 4.72 Å². The number of hydrogen-bond donors (Lipinski definition) is 3. The van der Waals surface area contributed by atoms with E-state index in [0.29, 0.717) is 10.7 Å². The number of benzene rings is 3. The first-order valence-electron chi connectivity index (χ1n) is 10.2. The van der Waals surface area contributed by atoms with Gasteiger partial charge in [0.05, 0.1) is 17.0 Å². The summed E-state index contributed by atoms with van der Waals surface area (Å²) in [5, 5.41) is 6.01. The molecule has 0 spiro atoms. The van der Waals surface area contributed by atoms with Gasteiger partial charge in [0.25, 0.3) is 0 Å². The highest BCUT2D eigenvalue weighted by Gasteiger charge is 2.25. The second-order valence-corrected chi connectivity index (χ2v) is 9.61. The SMILES string of the molecule is CC(=O)Nc1ccc(S(=O)(=O)N[C@@H](C)C(=O)NC(c2ccccc2)c2cccc(Cl)c2)cc1. The molecule has 0 bridgehead atoms. The molecular weight excluding hydrogens is 462 g/mol. The van der Waals surface area contributed by atoms with Crippen molar-refractivity contribution in [1.29, 1.82) is 0 Å². The lowest BCUT2D eigenvalue weighted by molar-refractivity contribution is -0.122. The number of carbonyl (C=O) groups is 2. The van der Waals surface area contributed by atoms with Crippen molar-refractivity contribution in [3.05, 3.63) is 95.0 Å². The summed E-state index contributed by atoms with van der Waals surface area (Å²) >= 11 is 6.14. The standard InChI is InChI=1S/C24H24ClN3O4S/c1-16(28-33(31,32)22-13-11-21(12-14-22)26-17(2)29)24(30)27-23(18-7-4-3-5-8-18)19-9-6-10-20(25)15-19/h3-16,23,28H,1-2H3,(H,26,29)(H,27,30)/t16-,23?/m0/s1. The van der Waals surface area contributed by atoms with Gasteiger partial charge in [-0.1, -0.05) is 54.1 Å². The summed E-state index contributed by atoms with van der Waals surface area (Å²) in [6.45, 7) is 2.83. The highest BCUT2D eigenvalue weighted by atomic mass is 35.5. The molecule has 0 radical (unpaired) electrons. The van der Waals surface area contributed by atoms with E-state index < -0.39 is 28.0 Å². The Kier molecular flexibility index (Phi) is 7.86. The molecule has 3 rings (SSSR count). The van der Waals surface area contributed by atoms with Gasteiger partial charge < -0.3 is 10.6 Å². The van der Waals surface area contributed by atoms with E-state index in [0.717, 1.165) is 11.1 Å². The molecule has 2 amide bonds. The molecule has 0 aliphatic heterocycles. The molecule has 0 saturated carbocycles. The van der Waals surface area contributed by atoms with Crippen LogP contribution in [0.5, 0.6) is 0 Å². The maximum atomic E-state index is 13.0. The fourth-order valence-corrected chi connectivity index (χ4v) is 4.63. The zero-order chi connectivity index (χ0) is 24.0. The Morgan fingerprint density at radius 3 is 2.12 bits per heavy atom. The smallest absolute Gasteiger partial charge is 0.241 e. The van der Waals surface area contributed by atoms with E-state index in [1.165, 1.54) is 38.1 Å². The molecule has 2 atom stereocenters. The maximum Gasteiger partial charge on any atom is 0.241 e. The van der Waals surface area contributed by atoms with Crippen LogP contribution in [0.2, 0.25) is 5.02 Å². The average Bonchev–Trinajstić information content (AvgIpc) is 2.77. The molecule has 9 heteroatoms. The van der Waals surface area contributed by atoms with Crippen LogP contribution in [0.1, 0.15) is 31.0 Å². The molecule has 1 unspecified atom stereocenters. The van der Waals surface area contributed by atoms with Crippen LogP contribution in [0.3, 0.4) is 0 Å². The van der Waals surface area contributed by atoms with Crippen molar-refractivity contribution in [2.75, 3.05) is 5.32 Å². The number of sulfonamides is 1. The predicted molar refractivity (Wildman–Crippen MR) is 128 cm³/mol.